The molecule has 2 saturated carbocycles. The van der Waals surface area contributed by atoms with Gasteiger partial charge in [-0.15, -0.1) is 0 Å². The van der Waals surface area contributed by atoms with Gasteiger partial charge >= 0.3 is 26.2 Å². The van der Waals surface area contributed by atoms with E-state index < -0.39 is 0 Å². The van der Waals surface area contributed by atoms with Crippen molar-refractivity contribution in [1.29, 1.82) is 0 Å². The molecule has 0 aromatic heterocycles. The van der Waals surface area contributed by atoms with E-state index in [1.54, 1.807) is 0 Å². The van der Waals surface area contributed by atoms with E-state index in [0.717, 1.165) is 0 Å². The van der Waals surface area contributed by atoms with Crippen LogP contribution < -0.4 is 24.8 Å². The minimum atomic E-state index is -0.264. The molecule has 0 bridgehead atoms. The van der Waals surface area contributed by atoms with Gasteiger partial charge in [0.2, 0.25) is 0 Å². The van der Waals surface area contributed by atoms with Gasteiger partial charge in [-0.3, -0.25) is 0 Å². The Morgan fingerprint density at radius 3 is 1.42 bits per heavy atom. The molecule has 0 saturated heterocycles. The first-order chi connectivity index (χ1) is 26.4. The van der Waals surface area contributed by atoms with Crippen LogP contribution >= 0.6 is 0 Å². The SMILES string of the molecule is CC1=CC(C)C(C2=C(C)C3(C)C(=CC2=C(c2ccc(C(C)(C)C)cc2)c2ccc(C(C)(C)C)cc2)[CH-]C2(C)C4(C)C=CC=CC4(C)C4(C)C=CC=CC4(C)C32C)=C1.[Cl-].[Cl-].[Zr+3]. The first kappa shape index (κ1) is 48.5. The van der Waals surface area contributed by atoms with E-state index in [1.807, 2.05) is 0 Å². The van der Waals surface area contributed by atoms with Gasteiger partial charge in [-0.05, 0) is 79.9 Å². The van der Waals surface area contributed by atoms with Crippen LogP contribution in [0.3, 0.4) is 0 Å². The summed E-state index contributed by atoms with van der Waals surface area (Å²) in [6, 6.07) is 19.1. The Bertz CT molecular complexity index is 2300. The predicted molar refractivity (Wildman–Crippen MR) is 246 cm³/mol. The van der Waals surface area contributed by atoms with Crippen molar-refractivity contribution in [1.82, 2.24) is 0 Å². The molecule has 0 aliphatic heterocycles. The zero-order valence-corrected chi connectivity index (χ0v) is 43.4. The summed E-state index contributed by atoms with van der Waals surface area (Å²) in [5.74, 6) is 0.317. The van der Waals surface area contributed by atoms with Crippen molar-refractivity contribution in [2.75, 3.05) is 0 Å². The molecule has 6 aliphatic carbocycles. The number of allylic oxidation sites excluding steroid dienone is 17. The van der Waals surface area contributed by atoms with Gasteiger partial charge in [-0.25, -0.2) is 12.0 Å². The Labute approximate surface area is 396 Å². The number of rotatable bonds is 3. The van der Waals surface area contributed by atoms with Gasteiger partial charge in [0, 0.05) is 22.2 Å². The second-order valence-corrected chi connectivity index (χ2v) is 22.2. The number of benzene rings is 2. The number of halogens is 2. The molecule has 2 fully saturated rings. The Morgan fingerprint density at radius 1 is 0.583 bits per heavy atom. The van der Waals surface area contributed by atoms with Crippen LogP contribution in [-0.4, -0.2) is 0 Å². The van der Waals surface area contributed by atoms with Crippen molar-refractivity contribution in [2.45, 2.75) is 122 Å². The summed E-state index contributed by atoms with van der Waals surface area (Å²) in [6.45, 7) is 39.4. The molecule has 315 valence electrons. The average Bonchev–Trinajstić information content (AvgIpc) is 3.57. The smallest absolute Gasteiger partial charge is 1.00 e. The molecule has 0 amide bonds. The van der Waals surface area contributed by atoms with Gasteiger partial charge in [0.25, 0.3) is 0 Å². The predicted octanol–water partition coefficient (Wildman–Crippen LogP) is 9.40. The number of fused-ring (bicyclic) bond motifs is 8. The van der Waals surface area contributed by atoms with Crippen molar-refractivity contribution < 1.29 is 51.0 Å². The molecule has 3 heteroatoms. The second-order valence-electron chi connectivity index (χ2n) is 22.2. The van der Waals surface area contributed by atoms with Gasteiger partial charge in [0.05, 0.1) is 0 Å². The Kier molecular flexibility index (Phi) is 12.1. The third-order valence-electron chi connectivity index (χ3n) is 18.1. The molecule has 8 atom stereocenters. The van der Waals surface area contributed by atoms with Crippen LogP contribution in [0.2, 0.25) is 0 Å². The molecule has 2 aromatic rings. The fraction of sp³-hybridized carbons (Fsp3) is 0.456. The summed E-state index contributed by atoms with van der Waals surface area (Å²) in [6.07, 6.45) is 30.1. The maximum atomic E-state index is 2.78. The van der Waals surface area contributed by atoms with Crippen molar-refractivity contribution in [2.24, 2.45) is 43.8 Å². The third-order valence-corrected chi connectivity index (χ3v) is 18.1. The van der Waals surface area contributed by atoms with E-state index >= 15 is 0 Å². The fourth-order valence-corrected chi connectivity index (χ4v) is 13.6. The van der Waals surface area contributed by atoms with Crippen LogP contribution in [0.1, 0.15) is 133 Å². The third kappa shape index (κ3) is 5.86. The normalized spacial score (nSPS) is 36.0. The fourth-order valence-electron chi connectivity index (χ4n) is 13.6. The molecule has 8 rings (SSSR count). The van der Waals surface area contributed by atoms with E-state index in [2.05, 4.69) is 233 Å². The first-order valence-electron chi connectivity index (χ1n) is 21.8. The van der Waals surface area contributed by atoms with E-state index in [9.17, 15) is 0 Å². The van der Waals surface area contributed by atoms with Gasteiger partial charge in [0.1, 0.15) is 0 Å². The summed E-state index contributed by atoms with van der Waals surface area (Å²) in [5.41, 5.74) is 14.0. The number of hydrogen-bond acceptors (Lipinski definition) is 0. The van der Waals surface area contributed by atoms with Gasteiger partial charge in [0.15, 0.2) is 0 Å². The van der Waals surface area contributed by atoms with E-state index in [4.69, 9.17) is 0 Å². The van der Waals surface area contributed by atoms with Crippen molar-refractivity contribution >= 4 is 5.57 Å². The molecule has 6 aliphatic rings. The zero-order valence-electron chi connectivity index (χ0n) is 39.4. The average molecular weight is 916 g/mol. The summed E-state index contributed by atoms with van der Waals surface area (Å²) in [4.78, 5) is 0. The minimum absolute atomic E-state index is 0. The van der Waals surface area contributed by atoms with Crippen LogP contribution in [0.15, 0.2) is 149 Å². The van der Waals surface area contributed by atoms with E-state index in [0.29, 0.717) is 5.92 Å². The molecule has 0 N–H and O–H groups in total. The van der Waals surface area contributed by atoms with Crippen molar-refractivity contribution in [3.05, 3.63) is 177 Å². The molecule has 60 heavy (non-hydrogen) atoms. The summed E-state index contributed by atoms with van der Waals surface area (Å²) in [5, 5.41) is 0. The van der Waals surface area contributed by atoms with Gasteiger partial charge in [-0.1, -0.05) is 228 Å². The monoisotopic (exact) mass is 913 g/mol. The topological polar surface area (TPSA) is 0 Å². The van der Waals surface area contributed by atoms with Crippen molar-refractivity contribution in [3.63, 3.8) is 0 Å². The Balaban J connectivity index is 0.00000228. The summed E-state index contributed by atoms with van der Waals surface area (Å²) in [7, 11) is 0. The Hall–Kier alpha value is -2.57. The van der Waals surface area contributed by atoms with E-state index in [1.165, 1.54) is 61.3 Å². The first-order valence-corrected chi connectivity index (χ1v) is 21.8. The molecule has 0 spiro atoms. The van der Waals surface area contributed by atoms with Crippen LogP contribution in [0.4, 0.5) is 0 Å². The molecule has 8 unspecified atom stereocenters. The molecule has 2 aromatic carbocycles. The zero-order chi connectivity index (χ0) is 41.6. The van der Waals surface area contributed by atoms with Crippen molar-refractivity contribution in [3.8, 4) is 0 Å². The number of hydrogen-bond donors (Lipinski definition) is 0. The maximum Gasteiger partial charge on any atom is 3.00 e. The van der Waals surface area contributed by atoms with Crippen LogP contribution in [0, 0.1) is 50.2 Å². The largest absolute Gasteiger partial charge is 3.00 e. The maximum absolute atomic E-state index is 2.78. The van der Waals surface area contributed by atoms with Gasteiger partial charge in [-0.2, -0.15) is 6.08 Å². The molecule has 1 radical (unpaired) electrons. The quantitative estimate of drug-likeness (QED) is 0.270. The van der Waals surface area contributed by atoms with Crippen LogP contribution in [0.5, 0.6) is 0 Å². The van der Waals surface area contributed by atoms with E-state index in [-0.39, 0.29) is 99.8 Å². The van der Waals surface area contributed by atoms with Crippen LogP contribution in [0.25, 0.3) is 5.57 Å². The standard InChI is InChI=1S/C57H69.2ClH.Zr/c1-37-33-38(2)45(34-37)47-39(3)56(15)44(36-55(14)53(12)31-18-17-29-51(53,10)52(11)30-19-20-32-54(52,13)57(55,56)16)35-46(47)48(40-21-25-42(26-22-40)49(4,5)6)41-23-27-43(28-24-41)50(7,8)9;;;/h17-36,38H,1-16H3;2*1H;/q-1;;;+3/p-2. The summed E-state index contributed by atoms with van der Waals surface area (Å²) < 4.78 is 0. The minimum Gasteiger partial charge on any atom is -1.00 e. The molecular formula is C57H69Cl2Zr. The Morgan fingerprint density at radius 2 is 1.00 bits per heavy atom. The molecule has 0 nitrogen and oxygen atoms in total. The molecular weight excluding hydrogens is 847 g/mol. The second kappa shape index (κ2) is 15.0. The summed E-state index contributed by atoms with van der Waals surface area (Å²) >= 11 is 0. The van der Waals surface area contributed by atoms with Crippen LogP contribution in [-0.2, 0) is 37.0 Å². The molecule has 0 heterocycles. The van der Waals surface area contributed by atoms with Gasteiger partial charge < -0.3 is 24.8 Å².